The quantitative estimate of drug-likeness (QED) is 0.737. The maximum Gasteiger partial charge on any atom is 0.145 e. The highest BCUT2D eigenvalue weighted by Crippen LogP contribution is 2.31. The third-order valence-corrected chi connectivity index (χ3v) is 3.79. The van der Waals surface area contributed by atoms with Crippen molar-refractivity contribution < 1.29 is 4.74 Å². The molecule has 0 bridgehead atoms. The van der Waals surface area contributed by atoms with Crippen molar-refractivity contribution in [3.05, 3.63) is 56.5 Å². The molecule has 0 heterocycles. The SMILES string of the molecule is Cc1cc(Oc2ccc(Br)cc2C#N)cc(C)c1Cl. The van der Waals surface area contributed by atoms with Crippen LogP contribution in [0.2, 0.25) is 5.02 Å². The molecule has 0 atom stereocenters. The van der Waals surface area contributed by atoms with E-state index in [1.165, 1.54) is 0 Å². The van der Waals surface area contributed by atoms with Crippen LogP contribution >= 0.6 is 27.5 Å². The van der Waals surface area contributed by atoms with Gasteiger partial charge in [-0.1, -0.05) is 27.5 Å². The van der Waals surface area contributed by atoms with Crippen LogP contribution in [0.4, 0.5) is 0 Å². The van der Waals surface area contributed by atoms with Crippen molar-refractivity contribution in [2.24, 2.45) is 0 Å². The van der Waals surface area contributed by atoms with Crippen LogP contribution < -0.4 is 4.74 Å². The van der Waals surface area contributed by atoms with E-state index in [-0.39, 0.29) is 0 Å². The van der Waals surface area contributed by atoms with Crippen molar-refractivity contribution in [1.82, 2.24) is 0 Å². The van der Waals surface area contributed by atoms with Gasteiger partial charge < -0.3 is 4.74 Å². The number of aryl methyl sites for hydroxylation is 2. The molecule has 0 spiro atoms. The molecule has 2 aromatic carbocycles. The maximum atomic E-state index is 9.10. The fourth-order valence-corrected chi connectivity index (χ4v) is 2.24. The van der Waals surface area contributed by atoms with E-state index in [0.717, 1.165) is 20.6 Å². The Hall–Kier alpha value is -1.50. The monoisotopic (exact) mass is 335 g/mol. The second-order valence-corrected chi connectivity index (χ2v) is 5.52. The Morgan fingerprint density at radius 2 is 1.79 bits per heavy atom. The molecule has 0 aliphatic rings. The Labute approximate surface area is 125 Å². The van der Waals surface area contributed by atoms with Gasteiger partial charge in [0.05, 0.1) is 5.56 Å². The molecule has 0 saturated heterocycles. The highest BCUT2D eigenvalue weighted by atomic mass is 79.9. The molecule has 19 heavy (non-hydrogen) atoms. The predicted octanol–water partition coefficient (Wildman–Crippen LogP) is 5.38. The van der Waals surface area contributed by atoms with Crippen molar-refractivity contribution in [3.8, 4) is 17.6 Å². The van der Waals surface area contributed by atoms with Crippen molar-refractivity contribution in [1.29, 1.82) is 5.26 Å². The van der Waals surface area contributed by atoms with E-state index in [0.29, 0.717) is 17.1 Å². The van der Waals surface area contributed by atoms with Gasteiger partial charge in [0, 0.05) is 9.50 Å². The summed E-state index contributed by atoms with van der Waals surface area (Å²) in [5.74, 6) is 1.21. The summed E-state index contributed by atoms with van der Waals surface area (Å²) in [6.45, 7) is 3.85. The van der Waals surface area contributed by atoms with Gasteiger partial charge in [0.25, 0.3) is 0 Å². The lowest BCUT2D eigenvalue weighted by Crippen LogP contribution is -1.91. The van der Waals surface area contributed by atoms with Crippen LogP contribution in [0.3, 0.4) is 0 Å². The summed E-state index contributed by atoms with van der Waals surface area (Å²) in [7, 11) is 0. The van der Waals surface area contributed by atoms with Gasteiger partial charge >= 0.3 is 0 Å². The zero-order chi connectivity index (χ0) is 14.0. The Balaban J connectivity index is 2.40. The highest BCUT2D eigenvalue weighted by Gasteiger charge is 2.08. The van der Waals surface area contributed by atoms with E-state index in [2.05, 4.69) is 22.0 Å². The minimum atomic E-state index is 0.486. The molecule has 2 nitrogen and oxygen atoms in total. The van der Waals surface area contributed by atoms with E-state index in [1.54, 1.807) is 12.1 Å². The van der Waals surface area contributed by atoms with Gasteiger partial charge in [-0.15, -0.1) is 0 Å². The van der Waals surface area contributed by atoms with E-state index in [4.69, 9.17) is 21.6 Å². The molecule has 0 unspecified atom stereocenters. The molecule has 0 N–H and O–H groups in total. The zero-order valence-electron chi connectivity index (χ0n) is 10.5. The molecule has 0 radical (unpaired) electrons. The second kappa shape index (κ2) is 5.64. The number of nitrogens with zero attached hydrogens (tertiary/aromatic N) is 1. The van der Waals surface area contributed by atoms with Crippen LogP contribution in [0.1, 0.15) is 16.7 Å². The third kappa shape index (κ3) is 3.09. The van der Waals surface area contributed by atoms with Gasteiger partial charge in [0.1, 0.15) is 17.6 Å². The minimum absolute atomic E-state index is 0.486. The van der Waals surface area contributed by atoms with Crippen LogP contribution in [0.5, 0.6) is 11.5 Å². The van der Waals surface area contributed by atoms with E-state index < -0.39 is 0 Å². The normalized spacial score (nSPS) is 10.1. The standard InChI is InChI=1S/C15H11BrClNO/c1-9-5-13(6-10(2)15(9)17)19-14-4-3-12(16)7-11(14)8-18/h3-7H,1-2H3. The second-order valence-electron chi connectivity index (χ2n) is 4.23. The van der Waals surface area contributed by atoms with Gasteiger partial charge in [0.2, 0.25) is 0 Å². The molecule has 4 heteroatoms. The zero-order valence-corrected chi connectivity index (χ0v) is 12.8. The summed E-state index contributed by atoms with van der Waals surface area (Å²) in [4.78, 5) is 0. The summed E-state index contributed by atoms with van der Waals surface area (Å²) in [6, 6.07) is 11.2. The first kappa shape index (κ1) is 13.9. The Morgan fingerprint density at radius 1 is 1.16 bits per heavy atom. The number of ether oxygens (including phenoxy) is 1. The first-order valence-electron chi connectivity index (χ1n) is 5.65. The average Bonchev–Trinajstić information content (AvgIpc) is 2.38. The molecule has 0 aliphatic heterocycles. The van der Waals surface area contributed by atoms with Gasteiger partial charge in [-0.25, -0.2) is 0 Å². The highest BCUT2D eigenvalue weighted by molar-refractivity contribution is 9.10. The van der Waals surface area contributed by atoms with Gasteiger partial charge in [-0.3, -0.25) is 0 Å². The van der Waals surface area contributed by atoms with E-state index >= 15 is 0 Å². The maximum absolute atomic E-state index is 9.10. The van der Waals surface area contributed by atoms with E-state index in [1.807, 2.05) is 32.0 Å². The Kier molecular flexibility index (Phi) is 4.14. The van der Waals surface area contributed by atoms with Gasteiger partial charge in [0.15, 0.2) is 0 Å². The lowest BCUT2D eigenvalue weighted by molar-refractivity contribution is 0.480. The van der Waals surface area contributed by atoms with Gasteiger partial charge in [-0.2, -0.15) is 5.26 Å². The largest absolute Gasteiger partial charge is 0.456 e. The Bertz CT molecular complexity index is 653. The molecule has 0 fully saturated rings. The van der Waals surface area contributed by atoms with Crippen LogP contribution in [-0.2, 0) is 0 Å². The number of nitriles is 1. The number of hydrogen-bond donors (Lipinski definition) is 0. The third-order valence-electron chi connectivity index (χ3n) is 2.70. The lowest BCUT2D eigenvalue weighted by Gasteiger charge is -2.10. The first-order valence-corrected chi connectivity index (χ1v) is 6.82. The molecule has 0 aromatic heterocycles. The summed E-state index contributed by atoms with van der Waals surface area (Å²) < 4.78 is 6.62. The van der Waals surface area contributed by atoms with Crippen LogP contribution in [0, 0.1) is 25.2 Å². The minimum Gasteiger partial charge on any atom is -0.456 e. The van der Waals surface area contributed by atoms with Crippen molar-refractivity contribution >= 4 is 27.5 Å². The summed E-state index contributed by atoms with van der Waals surface area (Å²) in [6.07, 6.45) is 0. The molecule has 0 amide bonds. The number of hydrogen-bond acceptors (Lipinski definition) is 2. The Morgan fingerprint density at radius 3 is 2.37 bits per heavy atom. The summed E-state index contributed by atoms with van der Waals surface area (Å²) >= 11 is 9.45. The van der Waals surface area contributed by atoms with Crippen LogP contribution in [-0.4, -0.2) is 0 Å². The first-order chi connectivity index (χ1) is 9.01. The summed E-state index contributed by atoms with van der Waals surface area (Å²) in [5, 5.41) is 9.84. The molecule has 96 valence electrons. The average molecular weight is 337 g/mol. The summed E-state index contributed by atoms with van der Waals surface area (Å²) in [5.41, 5.74) is 2.39. The van der Waals surface area contributed by atoms with Crippen molar-refractivity contribution in [2.75, 3.05) is 0 Å². The van der Waals surface area contributed by atoms with Crippen molar-refractivity contribution in [2.45, 2.75) is 13.8 Å². The fraction of sp³-hybridized carbons (Fsp3) is 0.133. The fourth-order valence-electron chi connectivity index (χ4n) is 1.77. The van der Waals surface area contributed by atoms with Crippen LogP contribution in [0.15, 0.2) is 34.8 Å². The van der Waals surface area contributed by atoms with E-state index in [9.17, 15) is 0 Å². The van der Waals surface area contributed by atoms with Crippen LogP contribution in [0.25, 0.3) is 0 Å². The number of rotatable bonds is 2. The molecular weight excluding hydrogens is 326 g/mol. The number of halogens is 2. The van der Waals surface area contributed by atoms with Crippen molar-refractivity contribution in [3.63, 3.8) is 0 Å². The predicted molar refractivity (Wildman–Crippen MR) is 79.9 cm³/mol. The molecule has 0 aliphatic carbocycles. The number of benzene rings is 2. The molecular formula is C15H11BrClNO. The molecule has 0 saturated carbocycles. The lowest BCUT2D eigenvalue weighted by atomic mass is 10.1. The topological polar surface area (TPSA) is 33.0 Å². The van der Waals surface area contributed by atoms with Gasteiger partial charge in [-0.05, 0) is 55.3 Å². The molecule has 2 rings (SSSR count). The molecule has 2 aromatic rings. The smallest absolute Gasteiger partial charge is 0.145 e.